The molecule has 3 nitrogen and oxygen atoms in total. The van der Waals surface area contributed by atoms with Crippen molar-refractivity contribution in [3.05, 3.63) is 60.1 Å². The van der Waals surface area contributed by atoms with Gasteiger partial charge in [-0.2, -0.15) is 0 Å². The zero-order chi connectivity index (χ0) is 16.4. The van der Waals surface area contributed by atoms with Crippen molar-refractivity contribution in [2.45, 2.75) is 0 Å². The van der Waals surface area contributed by atoms with Gasteiger partial charge in [-0.25, -0.2) is 9.97 Å². The van der Waals surface area contributed by atoms with Crippen LogP contribution in [0.1, 0.15) is 0 Å². The normalized spacial score (nSPS) is 12.0. The molecule has 0 radical (unpaired) electrons. The van der Waals surface area contributed by atoms with Crippen molar-refractivity contribution in [2.75, 3.05) is 0 Å². The summed E-state index contributed by atoms with van der Waals surface area (Å²) in [6.45, 7) is 0. The molecule has 6 rings (SSSR count). The maximum atomic E-state index is 4.86. The molecule has 0 unspecified atom stereocenters. The third-order valence-electron chi connectivity index (χ3n) is 4.59. The molecule has 0 saturated heterocycles. The summed E-state index contributed by atoms with van der Waals surface area (Å²) in [6.07, 6.45) is 0. The molecule has 0 aliphatic heterocycles. The van der Waals surface area contributed by atoms with Gasteiger partial charge in [-0.05, 0) is 24.3 Å². The van der Waals surface area contributed by atoms with Gasteiger partial charge in [0.1, 0.15) is 5.01 Å². The van der Waals surface area contributed by atoms with Gasteiger partial charge in [0.15, 0.2) is 0 Å². The summed E-state index contributed by atoms with van der Waals surface area (Å²) in [5.41, 5.74) is 7.47. The van der Waals surface area contributed by atoms with Gasteiger partial charge in [-0.1, -0.05) is 30.3 Å². The minimum absolute atomic E-state index is 1.05. The molecule has 25 heavy (non-hydrogen) atoms. The minimum atomic E-state index is 1.05. The van der Waals surface area contributed by atoms with E-state index < -0.39 is 0 Å². The zero-order valence-electron chi connectivity index (χ0n) is 13.0. The number of hydrogen-bond donors (Lipinski definition) is 1. The number of aromatic amines is 1. The number of para-hydroxylation sites is 1. The van der Waals surface area contributed by atoms with E-state index >= 15 is 0 Å². The first-order valence-electron chi connectivity index (χ1n) is 8.00. The van der Waals surface area contributed by atoms with Crippen LogP contribution in [0.5, 0.6) is 0 Å². The van der Waals surface area contributed by atoms with Crippen LogP contribution in [-0.2, 0) is 0 Å². The topological polar surface area (TPSA) is 41.6 Å². The lowest BCUT2D eigenvalue weighted by Gasteiger charge is -1.96. The third-order valence-corrected chi connectivity index (χ3v) is 6.45. The Labute approximate surface area is 150 Å². The highest BCUT2D eigenvalue weighted by atomic mass is 32.1. The molecule has 6 aromatic rings. The molecule has 0 spiro atoms. The maximum absolute atomic E-state index is 4.86. The zero-order valence-corrected chi connectivity index (χ0v) is 14.6. The summed E-state index contributed by atoms with van der Waals surface area (Å²) < 4.78 is 2.38. The molecule has 0 saturated carbocycles. The van der Waals surface area contributed by atoms with E-state index in [0.717, 1.165) is 27.1 Å². The van der Waals surface area contributed by atoms with Gasteiger partial charge >= 0.3 is 0 Å². The van der Waals surface area contributed by atoms with Crippen LogP contribution in [0.25, 0.3) is 52.8 Å². The molecule has 0 atom stereocenters. The van der Waals surface area contributed by atoms with Crippen molar-refractivity contribution in [2.24, 2.45) is 0 Å². The second kappa shape index (κ2) is 4.88. The first-order valence-corrected chi connectivity index (χ1v) is 9.69. The lowest BCUT2D eigenvalue weighted by atomic mass is 10.1. The van der Waals surface area contributed by atoms with Crippen molar-refractivity contribution < 1.29 is 0 Å². The summed E-state index contributed by atoms with van der Waals surface area (Å²) in [7, 11) is 0. The smallest absolute Gasteiger partial charge is 0.124 e. The fourth-order valence-corrected chi connectivity index (χ4v) is 5.06. The number of nitrogens with one attached hydrogen (secondary N) is 1. The third kappa shape index (κ3) is 1.97. The van der Waals surface area contributed by atoms with Crippen molar-refractivity contribution >= 4 is 64.9 Å². The Hall–Kier alpha value is -2.76. The highest BCUT2D eigenvalue weighted by molar-refractivity contribution is 7.22. The SMILES string of the molecule is c1ccc2c(c1)[nH]c1cc(-c3nc4cc5scnc5cc4s3)ccc12. The lowest BCUT2D eigenvalue weighted by Crippen LogP contribution is -1.76. The highest BCUT2D eigenvalue weighted by Crippen LogP contribution is 2.35. The van der Waals surface area contributed by atoms with Gasteiger partial charge in [0.05, 0.1) is 25.9 Å². The van der Waals surface area contributed by atoms with E-state index in [0.29, 0.717) is 0 Å². The molecular weight excluding hydrogens is 346 g/mol. The van der Waals surface area contributed by atoms with E-state index in [1.54, 1.807) is 22.7 Å². The van der Waals surface area contributed by atoms with Gasteiger partial charge in [-0.3, -0.25) is 0 Å². The van der Waals surface area contributed by atoms with Gasteiger partial charge in [-0.15, -0.1) is 22.7 Å². The molecule has 1 N–H and O–H groups in total. The number of benzene rings is 3. The number of hydrogen-bond acceptors (Lipinski definition) is 4. The first-order chi connectivity index (χ1) is 12.3. The molecule has 118 valence electrons. The van der Waals surface area contributed by atoms with E-state index in [-0.39, 0.29) is 0 Å². The van der Waals surface area contributed by atoms with Gasteiger partial charge in [0.2, 0.25) is 0 Å². The predicted octanol–water partition coefficient (Wildman–Crippen LogP) is 6.21. The standard InChI is InChI=1S/C20H11N3S2/c1-2-4-14-12(3-1)13-6-5-11(7-15(13)22-14)20-23-17-9-18-16(21-10-24-18)8-19(17)25-20/h1-10,22H. The maximum Gasteiger partial charge on any atom is 0.124 e. The largest absolute Gasteiger partial charge is 0.354 e. The Morgan fingerprint density at radius 2 is 1.68 bits per heavy atom. The van der Waals surface area contributed by atoms with Gasteiger partial charge < -0.3 is 4.98 Å². The molecule has 3 aromatic heterocycles. The van der Waals surface area contributed by atoms with Crippen molar-refractivity contribution in [3.8, 4) is 10.6 Å². The Morgan fingerprint density at radius 3 is 2.68 bits per heavy atom. The fraction of sp³-hybridized carbons (Fsp3) is 0. The van der Waals surface area contributed by atoms with E-state index in [9.17, 15) is 0 Å². The van der Waals surface area contributed by atoms with Gasteiger partial charge in [0.25, 0.3) is 0 Å². The molecule has 0 aliphatic rings. The Bertz CT molecular complexity index is 1360. The molecule has 3 heterocycles. The Balaban J connectivity index is 1.57. The fourth-order valence-electron chi connectivity index (χ4n) is 3.39. The van der Waals surface area contributed by atoms with Crippen LogP contribution < -0.4 is 0 Å². The molecule has 3 aromatic carbocycles. The minimum Gasteiger partial charge on any atom is -0.354 e. The van der Waals surface area contributed by atoms with E-state index in [4.69, 9.17) is 4.98 Å². The number of aromatic nitrogens is 3. The summed E-state index contributed by atoms with van der Waals surface area (Å²) in [5.74, 6) is 0. The number of fused-ring (bicyclic) bond motifs is 5. The Kier molecular flexibility index (Phi) is 2.64. The quantitative estimate of drug-likeness (QED) is 0.380. The highest BCUT2D eigenvalue weighted by Gasteiger charge is 2.11. The van der Waals surface area contributed by atoms with E-state index in [2.05, 4.69) is 64.6 Å². The van der Waals surface area contributed by atoms with Crippen LogP contribution in [0.3, 0.4) is 0 Å². The molecule has 5 heteroatoms. The summed E-state index contributed by atoms with van der Waals surface area (Å²) >= 11 is 3.38. The first kappa shape index (κ1) is 13.5. The van der Waals surface area contributed by atoms with Crippen molar-refractivity contribution in [1.29, 1.82) is 0 Å². The van der Waals surface area contributed by atoms with Crippen molar-refractivity contribution in [1.82, 2.24) is 15.0 Å². The molecule has 0 aliphatic carbocycles. The second-order valence-electron chi connectivity index (χ2n) is 6.09. The van der Waals surface area contributed by atoms with Crippen LogP contribution >= 0.6 is 22.7 Å². The number of rotatable bonds is 1. The van der Waals surface area contributed by atoms with E-state index in [1.165, 1.54) is 25.7 Å². The van der Waals surface area contributed by atoms with Crippen LogP contribution in [0, 0.1) is 0 Å². The molecule has 0 fully saturated rings. The molecule has 0 amide bonds. The van der Waals surface area contributed by atoms with Crippen LogP contribution in [0.15, 0.2) is 60.1 Å². The van der Waals surface area contributed by atoms with Crippen LogP contribution in [0.2, 0.25) is 0 Å². The number of nitrogens with zero attached hydrogens (tertiary/aromatic N) is 2. The average Bonchev–Trinajstić information content (AvgIpc) is 3.34. The average molecular weight is 357 g/mol. The lowest BCUT2D eigenvalue weighted by molar-refractivity contribution is 1.47. The number of H-pyrrole nitrogens is 1. The second-order valence-corrected chi connectivity index (χ2v) is 8.01. The Morgan fingerprint density at radius 1 is 0.800 bits per heavy atom. The van der Waals surface area contributed by atoms with E-state index in [1.807, 2.05) is 5.51 Å². The molecule has 0 bridgehead atoms. The monoisotopic (exact) mass is 357 g/mol. The van der Waals surface area contributed by atoms with Gasteiger partial charge in [0, 0.05) is 27.4 Å². The van der Waals surface area contributed by atoms with Crippen molar-refractivity contribution in [3.63, 3.8) is 0 Å². The summed E-state index contributed by atoms with van der Waals surface area (Å²) in [5, 5.41) is 3.57. The molecular formula is C20H11N3S2. The summed E-state index contributed by atoms with van der Waals surface area (Å²) in [4.78, 5) is 12.8. The number of thiazole rings is 2. The predicted molar refractivity (Wildman–Crippen MR) is 108 cm³/mol. The summed E-state index contributed by atoms with van der Waals surface area (Å²) in [6, 6.07) is 19.3. The van der Waals surface area contributed by atoms with Crippen LogP contribution in [-0.4, -0.2) is 15.0 Å². The van der Waals surface area contributed by atoms with Crippen LogP contribution in [0.4, 0.5) is 0 Å².